The topological polar surface area (TPSA) is 64.7 Å². The second kappa shape index (κ2) is 8.45. The molecule has 146 valence electrons. The summed E-state index contributed by atoms with van der Waals surface area (Å²) in [6.45, 7) is 3.24. The Kier molecular flexibility index (Phi) is 5.57. The number of carbonyl (C=O) groups excluding carboxylic acids is 1. The molecular formula is C22H20BrN5O. The van der Waals surface area contributed by atoms with Crippen molar-refractivity contribution in [2.75, 3.05) is 5.32 Å². The minimum atomic E-state index is -0.183. The van der Waals surface area contributed by atoms with Crippen LogP contribution in [-0.4, -0.2) is 25.5 Å². The summed E-state index contributed by atoms with van der Waals surface area (Å²) in [5, 5.41) is 11.7. The van der Waals surface area contributed by atoms with Crippen LogP contribution in [0, 0.1) is 6.92 Å². The van der Waals surface area contributed by atoms with Crippen LogP contribution in [-0.2, 0) is 13.1 Å². The third kappa shape index (κ3) is 4.81. The molecule has 0 bridgehead atoms. The first-order chi connectivity index (χ1) is 14.1. The van der Waals surface area contributed by atoms with Crippen LogP contribution in [0.4, 0.5) is 5.82 Å². The molecule has 0 fully saturated rings. The van der Waals surface area contributed by atoms with Crippen LogP contribution < -0.4 is 5.32 Å². The Hall–Kier alpha value is -3.19. The van der Waals surface area contributed by atoms with Crippen molar-refractivity contribution in [2.45, 2.75) is 20.0 Å². The van der Waals surface area contributed by atoms with Crippen molar-refractivity contribution in [3.05, 3.63) is 99.9 Å². The molecule has 7 heteroatoms. The van der Waals surface area contributed by atoms with Gasteiger partial charge in [-0.25, -0.2) is 0 Å². The molecule has 2 aromatic carbocycles. The van der Waals surface area contributed by atoms with E-state index in [2.05, 4.69) is 43.6 Å². The van der Waals surface area contributed by atoms with Gasteiger partial charge in [0.1, 0.15) is 0 Å². The Morgan fingerprint density at radius 2 is 1.83 bits per heavy atom. The zero-order valence-corrected chi connectivity index (χ0v) is 17.5. The molecule has 0 atom stereocenters. The lowest BCUT2D eigenvalue weighted by Gasteiger charge is -2.06. The molecule has 2 heterocycles. The van der Waals surface area contributed by atoms with Crippen molar-refractivity contribution in [3.8, 4) is 0 Å². The fraction of sp³-hybridized carbons (Fsp3) is 0.136. The predicted molar refractivity (Wildman–Crippen MR) is 116 cm³/mol. The zero-order chi connectivity index (χ0) is 20.2. The summed E-state index contributed by atoms with van der Waals surface area (Å²) < 4.78 is 4.62. The van der Waals surface area contributed by atoms with Gasteiger partial charge in [0.2, 0.25) is 0 Å². The van der Waals surface area contributed by atoms with E-state index in [1.807, 2.05) is 64.9 Å². The predicted octanol–water partition coefficient (Wildman–Crippen LogP) is 4.50. The van der Waals surface area contributed by atoms with Gasteiger partial charge in [-0.15, -0.1) is 0 Å². The monoisotopic (exact) mass is 449 g/mol. The number of rotatable bonds is 6. The van der Waals surface area contributed by atoms with Crippen molar-refractivity contribution in [1.29, 1.82) is 0 Å². The number of hydrogen-bond donors (Lipinski definition) is 1. The summed E-state index contributed by atoms with van der Waals surface area (Å²) in [4.78, 5) is 12.7. The molecule has 0 saturated heterocycles. The maximum Gasteiger partial charge on any atom is 0.256 e. The average Bonchev–Trinajstić information content (AvgIpc) is 3.27. The number of halogens is 1. The normalized spacial score (nSPS) is 10.8. The highest BCUT2D eigenvalue weighted by atomic mass is 79.9. The van der Waals surface area contributed by atoms with Gasteiger partial charge in [-0.3, -0.25) is 14.2 Å². The van der Waals surface area contributed by atoms with E-state index in [1.54, 1.807) is 12.3 Å². The number of nitrogens with zero attached hydrogens (tertiary/aromatic N) is 4. The highest BCUT2D eigenvalue weighted by Crippen LogP contribution is 2.14. The van der Waals surface area contributed by atoms with Crippen LogP contribution in [0.15, 0.2) is 77.5 Å². The van der Waals surface area contributed by atoms with Gasteiger partial charge in [0.15, 0.2) is 5.82 Å². The summed E-state index contributed by atoms with van der Waals surface area (Å²) in [6, 6.07) is 19.5. The van der Waals surface area contributed by atoms with Gasteiger partial charge in [0.05, 0.1) is 23.8 Å². The van der Waals surface area contributed by atoms with Crippen molar-refractivity contribution in [2.24, 2.45) is 0 Å². The number of carbonyl (C=O) groups is 1. The van der Waals surface area contributed by atoms with Crippen molar-refractivity contribution < 1.29 is 4.79 Å². The van der Waals surface area contributed by atoms with E-state index in [1.165, 1.54) is 0 Å². The smallest absolute Gasteiger partial charge is 0.256 e. The zero-order valence-electron chi connectivity index (χ0n) is 15.9. The average molecular weight is 450 g/mol. The maximum absolute atomic E-state index is 12.7. The summed E-state index contributed by atoms with van der Waals surface area (Å²) in [5.41, 5.74) is 3.74. The van der Waals surface area contributed by atoms with E-state index in [9.17, 15) is 4.79 Å². The fourth-order valence-corrected chi connectivity index (χ4v) is 3.43. The molecule has 0 unspecified atom stereocenters. The molecule has 4 aromatic rings. The summed E-state index contributed by atoms with van der Waals surface area (Å²) in [5.74, 6) is 0.364. The lowest BCUT2D eigenvalue weighted by molar-refractivity contribution is 0.102. The Balaban J connectivity index is 1.45. The summed E-state index contributed by atoms with van der Waals surface area (Å²) in [6.07, 6.45) is 3.64. The third-order valence-electron chi connectivity index (χ3n) is 4.53. The van der Waals surface area contributed by atoms with E-state index in [-0.39, 0.29) is 5.91 Å². The van der Waals surface area contributed by atoms with Crippen molar-refractivity contribution >= 4 is 27.7 Å². The van der Waals surface area contributed by atoms with E-state index in [0.29, 0.717) is 24.5 Å². The van der Waals surface area contributed by atoms with Crippen molar-refractivity contribution in [1.82, 2.24) is 19.6 Å². The molecule has 0 spiro atoms. The van der Waals surface area contributed by atoms with E-state index in [0.717, 1.165) is 21.3 Å². The third-order valence-corrected chi connectivity index (χ3v) is 4.94. The molecule has 0 saturated carbocycles. The minimum absolute atomic E-state index is 0.183. The van der Waals surface area contributed by atoms with Crippen LogP contribution in [0.3, 0.4) is 0 Å². The molecule has 0 aliphatic heterocycles. The van der Waals surface area contributed by atoms with Gasteiger partial charge in [0, 0.05) is 23.5 Å². The SMILES string of the molecule is Cc1cc(NC(=O)c2cccc(Cn3cc(Br)cn3)c2)nn1Cc1ccccc1. The lowest BCUT2D eigenvalue weighted by atomic mass is 10.1. The first kappa shape index (κ1) is 19.1. The minimum Gasteiger partial charge on any atom is -0.305 e. The molecule has 1 amide bonds. The second-order valence-electron chi connectivity index (χ2n) is 6.82. The molecule has 4 rings (SSSR count). The van der Waals surface area contributed by atoms with Gasteiger partial charge in [-0.05, 0) is 46.1 Å². The number of aryl methyl sites for hydroxylation is 1. The summed E-state index contributed by atoms with van der Waals surface area (Å²) in [7, 11) is 0. The van der Waals surface area contributed by atoms with Gasteiger partial charge in [-0.2, -0.15) is 10.2 Å². The molecule has 2 aromatic heterocycles. The van der Waals surface area contributed by atoms with Gasteiger partial charge < -0.3 is 5.32 Å². The molecule has 0 aliphatic carbocycles. The summed E-state index contributed by atoms with van der Waals surface area (Å²) >= 11 is 3.39. The highest BCUT2D eigenvalue weighted by Gasteiger charge is 2.11. The number of amides is 1. The van der Waals surface area contributed by atoms with Crippen LogP contribution in [0.2, 0.25) is 0 Å². The van der Waals surface area contributed by atoms with Crippen molar-refractivity contribution in [3.63, 3.8) is 0 Å². The molecule has 6 nitrogen and oxygen atoms in total. The maximum atomic E-state index is 12.7. The van der Waals surface area contributed by atoms with Crippen LogP contribution >= 0.6 is 15.9 Å². The Morgan fingerprint density at radius 1 is 1.03 bits per heavy atom. The number of aromatic nitrogens is 4. The van der Waals surface area contributed by atoms with E-state index in [4.69, 9.17) is 0 Å². The van der Waals surface area contributed by atoms with E-state index < -0.39 is 0 Å². The second-order valence-corrected chi connectivity index (χ2v) is 7.74. The number of nitrogens with one attached hydrogen (secondary N) is 1. The fourth-order valence-electron chi connectivity index (χ4n) is 3.10. The Morgan fingerprint density at radius 3 is 2.59 bits per heavy atom. The molecule has 0 aliphatic rings. The van der Waals surface area contributed by atoms with Crippen LogP contribution in [0.25, 0.3) is 0 Å². The van der Waals surface area contributed by atoms with Crippen LogP contribution in [0.5, 0.6) is 0 Å². The van der Waals surface area contributed by atoms with Crippen LogP contribution in [0.1, 0.15) is 27.2 Å². The standard InChI is InChI=1S/C22H20BrN5O/c1-16-10-21(26-28(16)14-17-6-3-2-4-7-17)25-22(29)19-9-5-8-18(11-19)13-27-15-20(23)12-24-27/h2-12,15H,13-14H2,1H3,(H,25,26,29). The molecule has 29 heavy (non-hydrogen) atoms. The number of benzene rings is 2. The lowest BCUT2D eigenvalue weighted by Crippen LogP contribution is -2.13. The van der Waals surface area contributed by atoms with Gasteiger partial charge in [0.25, 0.3) is 5.91 Å². The first-order valence-electron chi connectivity index (χ1n) is 9.23. The van der Waals surface area contributed by atoms with Gasteiger partial charge >= 0.3 is 0 Å². The molecule has 1 N–H and O–H groups in total. The number of hydrogen-bond acceptors (Lipinski definition) is 3. The molecule has 0 radical (unpaired) electrons. The first-order valence-corrected chi connectivity index (χ1v) is 10.0. The molecular weight excluding hydrogens is 430 g/mol. The largest absolute Gasteiger partial charge is 0.305 e. The quantitative estimate of drug-likeness (QED) is 0.471. The Labute approximate surface area is 177 Å². The number of anilines is 1. The highest BCUT2D eigenvalue weighted by molar-refractivity contribution is 9.10. The van der Waals surface area contributed by atoms with E-state index >= 15 is 0 Å². The Bertz CT molecular complexity index is 1130. The van der Waals surface area contributed by atoms with Gasteiger partial charge in [-0.1, -0.05) is 42.5 Å².